The normalized spacial score (nSPS) is 12.7. The van der Waals surface area contributed by atoms with Gasteiger partial charge in [0, 0.05) is 5.69 Å². The fourth-order valence-electron chi connectivity index (χ4n) is 2.27. The highest BCUT2D eigenvalue weighted by Crippen LogP contribution is 2.23. The zero-order valence-corrected chi connectivity index (χ0v) is 12.8. The van der Waals surface area contributed by atoms with E-state index < -0.39 is 10.8 Å². The first-order valence-electron chi connectivity index (χ1n) is 6.74. The number of aryl methyl sites for hydroxylation is 1. The number of fused-ring (bicyclic) bond motifs is 1. The predicted octanol–water partition coefficient (Wildman–Crippen LogP) is 3.07. The Kier molecular flexibility index (Phi) is 3.51. The number of aromatic amines is 1. The van der Waals surface area contributed by atoms with E-state index in [1.165, 1.54) is 0 Å². The van der Waals surface area contributed by atoms with Gasteiger partial charge in [0.1, 0.15) is 0 Å². The maximum atomic E-state index is 12.5. The van der Waals surface area contributed by atoms with Crippen LogP contribution in [0.1, 0.15) is 16.7 Å². The number of hydrogen-bond acceptors (Lipinski definition) is 3. The van der Waals surface area contributed by atoms with Crippen LogP contribution in [-0.4, -0.2) is 14.2 Å². The molecule has 108 valence electrons. The molecule has 3 aromatic rings. The Balaban J connectivity index is 1.91. The highest BCUT2D eigenvalue weighted by Gasteiger charge is 2.13. The van der Waals surface area contributed by atoms with Crippen molar-refractivity contribution in [2.45, 2.75) is 24.8 Å². The van der Waals surface area contributed by atoms with E-state index in [1.807, 2.05) is 50.2 Å². The van der Waals surface area contributed by atoms with E-state index in [4.69, 9.17) is 5.73 Å². The molecule has 0 aliphatic carbocycles. The van der Waals surface area contributed by atoms with Gasteiger partial charge < -0.3 is 10.7 Å². The van der Waals surface area contributed by atoms with Gasteiger partial charge in [0.25, 0.3) is 0 Å². The topological polar surface area (TPSA) is 71.8 Å². The van der Waals surface area contributed by atoms with Crippen LogP contribution in [0.5, 0.6) is 0 Å². The number of anilines is 1. The zero-order valence-electron chi connectivity index (χ0n) is 12.0. The Labute approximate surface area is 125 Å². The lowest BCUT2D eigenvalue weighted by molar-refractivity contribution is 0.677. The lowest BCUT2D eigenvalue weighted by Gasteiger charge is -2.09. The molecule has 4 nitrogen and oxygen atoms in total. The number of H-pyrrole nitrogens is 1. The predicted molar refractivity (Wildman–Crippen MR) is 86.5 cm³/mol. The molecule has 3 N–H and O–H groups in total. The van der Waals surface area contributed by atoms with Crippen molar-refractivity contribution in [1.82, 2.24) is 9.97 Å². The van der Waals surface area contributed by atoms with Gasteiger partial charge in [0.05, 0.1) is 27.6 Å². The third-order valence-corrected chi connectivity index (χ3v) is 4.94. The lowest BCUT2D eigenvalue weighted by atomic mass is 10.0. The Hall–Kier alpha value is -2.14. The Morgan fingerprint density at radius 1 is 1.19 bits per heavy atom. The van der Waals surface area contributed by atoms with Crippen molar-refractivity contribution in [3.63, 3.8) is 0 Å². The zero-order chi connectivity index (χ0) is 15.0. The molecule has 1 aromatic heterocycles. The average molecular weight is 299 g/mol. The molecule has 0 radical (unpaired) electrons. The van der Waals surface area contributed by atoms with Gasteiger partial charge in [0.15, 0.2) is 5.16 Å². The number of benzene rings is 2. The summed E-state index contributed by atoms with van der Waals surface area (Å²) in [6.07, 6.45) is 0. The van der Waals surface area contributed by atoms with E-state index in [0.717, 1.165) is 33.4 Å². The summed E-state index contributed by atoms with van der Waals surface area (Å²) < 4.78 is 12.5. The molecule has 2 aromatic carbocycles. The minimum Gasteiger partial charge on any atom is -0.398 e. The van der Waals surface area contributed by atoms with Gasteiger partial charge in [0.2, 0.25) is 0 Å². The summed E-state index contributed by atoms with van der Waals surface area (Å²) in [5.74, 6) is 0.368. The average Bonchev–Trinajstić information content (AvgIpc) is 2.92. The second-order valence-corrected chi connectivity index (χ2v) is 6.50. The fourth-order valence-corrected chi connectivity index (χ4v) is 3.36. The van der Waals surface area contributed by atoms with E-state index in [0.29, 0.717) is 10.9 Å². The minimum atomic E-state index is -1.24. The number of nitrogens with zero attached hydrogens (tertiary/aromatic N) is 1. The molecule has 0 bridgehead atoms. The van der Waals surface area contributed by atoms with Crippen LogP contribution < -0.4 is 5.73 Å². The minimum absolute atomic E-state index is 0.368. The van der Waals surface area contributed by atoms with E-state index in [2.05, 4.69) is 9.97 Å². The van der Waals surface area contributed by atoms with Crippen LogP contribution in [0.15, 0.2) is 41.6 Å². The summed E-state index contributed by atoms with van der Waals surface area (Å²) in [5, 5.41) is 0.494. The SMILES string of the molecule is Cc1ccc(CS(=O)c2nc3ccccc3[nH]2)c(N)c1C. The van der Waals surface area contributed by atoms with Crippen molar-refractivity contribution >= 4 is 27.5 Å². The fraction of sp³-hybridized carbons (Fsp3) is 0.188. The highest BCUT2D eigenvalue weighted by atomic mass is 32.2. The van der Waals surface area contributed by atoms with Gasteiger partial charge in [-0.3, -0.25) is 4.21 Å². The van der Waals surface area contributed by atoms with E-state index in [9.17, 15) is 4.21 Å². The monoisotopic (exact) mass is 299 g/mol. The Bertz CT molecular complexity index is 806. The first-order chi connectivity index (χ1) is 10.1. The number of para-hydroxylation sites is 2. The Morgan fingerprint density at radius 3 is 2.71 bits per heavy atom. The second kappa shape index (κ2) is 5.33. The molecule has 0 saturated carbocycles. The molecule has 3 rings (SSSR count). The molecule has 0 aliphatic rings. The second-order valence-electron chi connectivity index (χ2n) is 5.13. The molecular formula is C16H17N3OS. The summed E-state index contributed by atoms with van der Waals surface area (Å²) in [5.41, 5.74) is 11.7. The number of imidazole rings is 1. The van der Waals surface area contributed by atoms with Gasteiger partial charge in [-0.05, 0) is 42.7 Å². The maximum absolute atomic E-state index is 12.5. The molecule has 0 amide bonds. The van der Waals surface area contributed by atoms with Crippen molar-refractivity contribution in [2.75, 3.05) is 5.73 Å². The molecule has 5 heteroatoms. The molecule has 21 heavy (non-hydrogen) atoms. The van der Waals surface area contributed by atoms with E-state index >= 15 is 0 Å². The summed E-state index contributed by atoms with van der Waals surface area (Å²) >= 11 is 0. The van der Waals surface area contributed by atoms with Crippen LogP contribution in [0, 0.1) is 13.8 Å². The standard InChI is InChI=1S/C16H17N3OS/c1-10-7-8-12(15(17)11(10)2)9-21(20)16-18-13-5-3-4-6-14(13)19-16/h3-8H,9,17H2,1-2H3,(H,18,19). The quantitative estimate of drug-likeness (QED) is 0.730. The molecule has 0 fully saturated rings. The van der Waals surface area contributed by atoms with Crippen molar-refractivity contribution < 1.29 is 4.21 Å². The molecular weight excluding hydrogens is 282 g/mol. The Morgan fingerprint density at radius 2 is 1.95 bits per heavy atom. The van der Waals surface area contributed by atoms with Gasteiger partial charge in [-0.15, -0.1) is 0 Å². The van der Waals surface area contributed by atoms with Gasteiger partial charge in [-0.25, -0.2) is 4.98 Å². The van der Waals surface area contributed by atoms with Crippen LogP contribution >= 0.6 is 0 Å². The smallest absolute Gasteiger partial charge is 0.197 e. The molecule has 0 saturated heterocycles. The number of aromatic nitrogens is 2. The number of rotatable bonds is 3. The van der Waals surface area contributed by atoms with Gasteiger partial charge in [-0.1, -0.05) is 24.3 Å². The lowest BCUT2D eigenvalue weighted by Crippen LogP contribution is -2.04. The maximum Gasteiger partial charge on any atom is 0.197 e. The van der Waals surface area contributed by atoms with E-state index in [1.54, 1.807) is 0 Å². The number of nitrogen functional groups attached to an aromatic ring is 1. The first-order valence-corrected chi connectivity index (χ1v) is 8.06. The first kappa shape index (κ1) is 13.8. The molecule has 1 unspecified atom stereocenters. The van der Waals surface area contributed by atoms with Crippen LogP contribution in [0.3, 0.4) is 0 Å². The third kappa shape index (κ3) is 2.56. The van der Waals surface area contributed by atoms with Crippen LogP contribution in [-0.2, 0) is 16.6 Å². The third-order valence-electron chi connectivity index (χ3n) is 3.75. The van der Waals surface area contributed by atoms with Crippen molar-refractivity contribution in [1.29, 1.82) is 0 Å². The highest BCUT2D eigenvalue weighted by molar-refractivity contribution is 7.84. The largest absolute Gasteiger partial charge is 0.398 e. The van der Waals surface area contributed by atoms with Crippen LogP contribution in [0.25, 0.3) is 11.0 Å². The molecule has 0 aliphatic heterocycles. The van der Waals surface area contributed by atoms with Crippen molar-refractivity contribution in [3.8, 4) is 0 Å². The van der Waals surface area contributed by atoms with Crippen LogP contribution in [0.4, 0.5) is 5.69 Å². The van der Waals surface area contributed by atoms with E-state index in [-0.39, 0.29) is 0 Å². The summed E-state index contributed by atoms with van der Waals surface area (Å²) in [4.78, 5) is 7.49. The van der Waals surface area contributed by atoms with Crippen molar-refractivity contribution in [2.24, 2.45) is 0 Å². The summed E-state index contributed by atoms with van der Waals surface area (Å²) in [7, 11) is -1.24. The van der Waals surface area contributed by atoms with Gasteiger partial charge >= 0.3 is 0 Å². The summed E-state index contributed by atoms with van der Waals surface area (Å²) in [6.45, 7) is 4.00. The number of nitrogens with one attached hydrogen (secondary N) is 1. The molecule has 0 spiro atoms. The number of nitrogens with two attached hydrogens (primary N) is 1. The number of hydrogen-bond donors (Lipinski definition) is 2. The van der Waals surface area contributed by atoms with Crippen molar-refractivity contribution in [3.05, 3.63) is 53.1 Å². The van der Waals surface area contributed by atoms with Crippen LogP contribution in [0.2, 0.25) is 0 Å². The molecule has 1 atom stereocenters. The van der Waals surface area contributed by atoms with Gasteiger partial charge in [-0.2, -0.15) is 0 Å². The summed E-state index contributed by atoms with van der Waals surface area (Å²) in [6, 6.07) is 11.6. The molecule has 1 heterocycles.